The number of hydrogen-bond acceptors (Lipinski definition) is 5. The van der Waals surface area contributed by atoms with Gasteiger partial charge in [-0.25, -0.2) is 9.78 Å². The van der Waals surface area contributed by atoms with Gasteiger partial charge in [-0.15, -0.1) is 0 Å². The Morgan fingerprint density at radius 3 is 2.77 bits per heavy atom. The second-order valence-electron chi connectivity index (χ2n) is 5.75. The van der Waals surface area contributed by atoms with E-state index in [0.717, 1.165) is 11.1 Å². The van der Waals surface area contributed by atoms with Gasteiger partial charge in [-0.05, 0) is 23.8 Å². The van der Waals surface area contributed by atoms with Crippen LogP contribution in [0.2, 0.25) is 0 Å². The molecule has 0 fully saturated rings. The minimum absolute atomic E-state index is 0.247. The molecule has 26 heavy (non-hydrogen) atoms. The summed E-state index contributed by atoms with van der Waals surface area (Å²) in [5.41, 5.74) is 3.38. The average Bonchev–Trinajstić information content (AvgIpc) is 3.30. The quantitative estimate of drug-likeness (QED) is 0.613. The van der Waals surface area contributed by atoms with Gasteiger partial charge in [0.15, 0.2) is 5.58 Å². The summed E-state index contributed by atoms with van der Waals surface area (Å²) in [5, 5.41) is 9.04. The van der Waals surface area contributed by atoms with Crippen molar-refractivity contribution in [2.75, 3.05) is 7.11 Å². The molecule has 0 aliphatic carbocycles. The van der Waals surface area contributed by atoms with Gasteiger partial charge in [0.25, 0.3) is 0 Å². The number of benzene rings is 2. The predicted octanol–water partition coefficient (Wildman–Crippen LogP) is 2.84. The Kier molecular flexibility index (Phi) is 3.78. The van der Waals surface area contributed by atoms with Crippen LogP contribution in [0.25, 0.3) is 11.1 Å². The van der Waals surface area contributed by atoms with Crippen molar-refractivity contribution in [3.8, 4) is 11.8 Å². The molecule has 2 heterocycles. The number of nitrogens with zero attached hydrogens (tertiary/aromatic N) is 3. The Balaban J connectivity index is 1.95. The third-order valence-electron chi connectivity index (χ3n) is 4.24. The first-order valence-electron chi connectivity index (χ1n) is 7.88. The van der Waals surface area contributed by atoms with Crippen molar-refractivity contribution in [2.45, 2.75) is 6.04 Å². The second-order valence-corrected chi connectivity index (χ2v) is 5.75. The molecular formula is C19H14N4O3. The molecule has 0 aliphatic heterocycles. The van der Waals surface area contributed by atoms with E-state index >= 15 is 0 Å². The van der Waals surface area contributed by atoms with E-state index in [1.165, 1.54) is 0 Å². The lowest BCUT2D eigenvalue weighted by atomic mass is 9.96. The van der Waals surface area contributed by atoms with E-state index < -0.39 is 5.76 Å². The van der Waals surface area contributed by atoms with E-state index in [0.29, 0.717) is 22.4 Å². The van der Waals surface area contributed by atoms with Crippen molar-refractivity contribution >= 4 is 11.1 Å². The van der Waals surface area contributed by atoms with E-state index in [2.05, 4.69) is 16.0 Å². The highest BCUT2D eigenvalue weighted by atomic mass is 16.5. The number of rotatable bonds is 4. The monoisotopic (exact) mass is 346 g/mol. The molecule has 2 aromatic carbocycles. The summed E-state index contributed by atoms with van der Waals surface area (Å²) in [4.78, 5) is 18.3. The van der Waals surface area contributed by atoms with Gasteiger partial charge in [-0.3, -0.25) is 4.98 Å². The largest absolute Gasteiger partial charge is 0.496 e. The summed E-state index contributed by atoms with van der Waals surface area (Å²) in [7, 11) is 1.57. The number of imidazole rings is 1. The van der Waals surface area contributed by atoms with E-state index in [1.54, 1.807) is 37.8 Å². The second kappa shape index (κ2) is 6.26. The minimum Gasteiger partial charge on any atom is -0.496 e. The highest BCUT2D eigenvalue weighted by Crippen LogP contribution is 2.35. The number of H-pyrrole nitrogens is 1. The maximum atomic E-state index is 11.5. The molecule has 1 unspecified atom stereocenters. The topological polar surface area (TPSA) is 96.8 Å². The Morgan fingerprint density at radius 1 is 1.31 bits per heavy atom. The van der Waals surface area contributed by atoms with Crippen LogP contribution in [-0.2, 0) is 0 Å². The fourth-order valence-electron chi connectivity index (χ4n) is 3.06. The smallest absolute Gasteiger partial charge is 0.417 e. The highest BCUT2D eigenvalue weighted by Gasteiger charge is 2.22. The lowest BCUT2D eigenvalue weighted by Crippen LogP contribution is -2.12. The Bertz CT molecular complexity index is 1150. The average molecular weight is 346 g/mol. The summed E-state index contributed by atoms with van der Waals surface area (Å²) in [6.45, 7) is 0. The molecule has 0 aliphatic rings. The van der Waals surface area contributed by atoms with Crippen LogP contribution in [0.15, 0.2) is 64.3 Å². The minimum atomic E-state index is -0.517. The molecular weight excluding hydrogens is 332 g/mol. The molecule has 0 saturated heterocycles. The Labute approximate surface area is 148 Å². The number of nitriles is 1. The normalized spacial score (nSPS) is 12.0. The predicted molar refractivity (Wildman–Crippen MR) is 94.0 cm³/mol. The van der Waals surface area contributed by atoms with Crippen LogP contribution in [0.5, 0.6) is 5.75 Å². The van der Waals surface area contributed by atoms with Gasteiger partial charge in [-0.1, -0.05) is 12.1 Å². The SMILES string of the molecule is COc1cc2oc(=O)[nH]c2cc1C(c1ccc(C#N)cc1)n1ccnc1. The standard InChI is InChI=1S/C19H14N4O3/c1-25-16-9-17-15(22-19(24)26-17)8-14(16)18(23-7-6-21-11-23)13-4-2-12(10-20)3-5-13/h2-9,11,18H,1H3,(H,22,24). The van der Waals surface area contributed by atoms with Crippen molar-refractivity contribution in [3.05, 3.63) is 82.4 Å². The van der Waals surface area contributed by atoms with Crippen molar-refractivity contribution in [2.24, 2.45) is 0 Å². The Hall–Kier alpha value is -3.79. The van der Waals surface area contributed by atoms with Crippen LogP contribution in [0.3, 0.4) is 0 Å². The fraction of sp³-hybridized carbons (Fsp3) is 0.105. The maximum absolute atomic E-state index is 11.5. The molecule has 1 N–H and O–H groups in total. The number of oxazole rings is 1. The third kappa shape index (κ3) is 2.63. The summed E-state index contributed by atoms with van der Waals surface area (Å²) in [6, 6.07) is 12.7. The molecule has 7 heteroatoms. The van der Waals surface area contributed by atoms with Crippen LogP contribution < -0.4 is 10.5 Å². The van der Waals surface area contributed by atoms with Gasteiger partial charge in [-0.2, -0.15) is 5.26 Å². The van der Waals surface area contributed by atoms with Crippen molar-refractivity contribution in [1.29, 1.82) is 5.26 Å². The van der Waals surface area contributed by atoms with E-state index in [9.17, 15) is 4.79 Å². The van der Waals surface area contributed by atoms with Crippen LogP contribution in [0, 0.1) is 11.3 Å². The Morgan fingerprint density at radius 2 is 2.12 bits per heavy atom. The zero-order valence-electron chi connectivity index (χ0n) is 13.8. The molecule has 4 aromatic rings. The molecule has 0 bridgehead atoms. The number of ether oxygens (including phenoxy) is 1. The number of nitrogens with one attached hydrogen (secondary N) is 1. The number of fused-ring (bicyclic) bond motifs is 1. The molecule has 2 aromatic heterocycles. The summed E-state index contributed by atoms with van der Waals surface area (Å²) in [5.74, 6) is 0.0695. The van der Waals surface area contributed by atoms with Gasteiger partial charge in [0, 0.05) is 24.0 Å². The van der Waals surface area contributed by atoms with E-state index in [4.69, 9.17) is 14.4 Å². The van der Waals surface area contributed by atoms with Crippen molar-refractivity contribution in [1.82, 2.24) is 14.5 Å². The number of methoxy groups -OCH3 is 1. The van der Waals surface area contributed by atoms with Crippen molar-refractivity contribution in [3.63, 3.8) is 0 Å². The first-order valence-corrected chi connectivity index (χ1v) is 7.88. The van der Waals surface area contributed by atoms with Gasteiger partial charge >= 0.3 is 5.76 Å². The van der Waals surface area contributed by atoms with Gasteiger partial charge in [0.05, 0.1) is 36.6 Å². The van der Waals surface area contributed by atoms with Crippen LogP contribution >= 0.6 is 0 Å². The summed E-state index contributed by atoms with van der Waals surface area (Å²) < 4.78 is 12.6. The van der Waals surface area contributed by atoms with E-state index in [-0.39, 0.29) is 6.04 Å². The van der Waals surface area contributed by atoms with Crippen LogP contribution in [0.1, 0.15) is 22.7 Å². The first kappa shape index (κ1) is 15.7. The lowest BCUT2D eigenvalue weighted by molar-refractivity contribution is 0.404. The molecule has 1 atom stereocenters. The van der Waals surface area contributed by atoms with Crippen LogP contribution in [-0.4, -0.2) is 21.6 Å². The summed E-state index contributed by atoms with van der Waals surface area (Å²) >= 11 is 0. The summed E-state index contributed by atoms with van der Waals surface area (Å²) in [6.07, 6.45) is 5.26. The van der Waals surface area contributed by atoms with Gasteiger partial charge in [0.2, 0.25) is 0 Å². The molecule has 128 valence electrons. The molecule has 0 radical (unpaired) electrons. The highest BCUT2D eigenvalue weighted by molar-refractivity contribution is 5.76. The molecule has 0 amide bonds. The lowest BCUT2D eigenvalue weighted by Gasteiger charge is -2.22. The number of hydrogen-bond donors (Lipinski definition) is 1. The fourth-order valence-corrected chi connectivity index (χ4v) is 3.06. The number of aromatic amines is 1. The maximum Gasteiger partial charge on any atom is 0.417 e. The molecule has 4 rings (SSSR count). The van der Waals surface area contributed by atoms with E-state index in [1.807, 2.05) is 29.0 Å². The van der Waals surface area contributed by atoms with Crippen molar-refractivity contribution < 1.29 is 9.15 Å². The zero-order valence-corrected chi connectivity index (χ0v) is 13.8. The molecule has 7 nitrogen and oxygen atoms in total. The number of aromatic nitrogens is 3. The van der Waals surface area contributed by atoms with Crippen LogP contribution in [0.4, 0.5) is 0 Å². The zero-order chi connectivity index (χ0) is 18.1. The van der Waals surface area contributed by atoms with Gasteiger partial charge in [0.1, 0.15) is 5.75 Å². The first-order chi connectivity index (χ1) is 12.7. The third-order valence-corrected chi connectivity index (χ3v) is 4.24. The molecule has 0 saturated carbocycles. The van der Waals surface area contributed by atoms with Gasteiger partial charge < -0.3 is 13.7 Å². The molecule has 0 spiro atoms.